The van der Waals surface area contributed by atoms with Gasteiger partial charge < -0.3 is 10.2 Å². The zero-order valence-electron chi connectivity index (χ0n) is 12.3. The Morgan fingerprint density at radius 3 is 2.68 bits per heavy atom. The van der Waals surface area contributed by atoms with Gasteiger partial charge in [-0.15, -0.1) is 0 Å². The lowest BCUT2D eigenvalue weighted by Gasteiger charge is -2.36. The van der Waals surface area contributed by atoms with Gasteiger partial charge in [-0.2, -0.15) is 0 Å². The monoisotopic (exact) mass is 280 g/mol. The van der Waals surface area contributed by atoms with Crippen LogP contribution in [0.15, 0.2) is 18.2 Å². The summed E-state index contributed by atoms with van der Waals surface area (Å²) >= 11 is 6.43. The van der Waals surface area contributed by atoms with E-state index in [-0.39, 0.29) is 5.54 Å². The van der Waals surface area contributed by atoms with Gasteiger partial charge in [0.25, 0.3) is 0 Å². The predicted octanol–water partition coefficient (Wildman–Crippen LogP) is 4.01. The van der Waals surface area contributed by atoms with E-state index in [2.05, 4.69) is 49.2 Å². The van der Waals surface area contributed by atoms with Crippen molar-refractivity contribution in [2.75, 3.05) is 24.5 Å². The van der Waals surface area contributed by atoms with E-state index >= 15 is 0 Å². The van der Waals surface area contributed by atoms with Gasteiger partial charge in [0.1, 0.15) is 0 Å². The lowest BCUT2D eigenvalue weighted by molar-refractivity contribution is 0.321. The molecule has 1 N–H and O–H groups in total. The number of hydrogen-bond donors (Lipinski definition) is 1. The molecule has 0 aliphatic carbocycles. The molecule has 2 rings (SSSR count). The SMILES string of the molecule is CCC1(CC)CN(c2ccc(C)cc2Cl)CCCN1. The first-order valence-electron chi connectivity index (χ1n) is 7.36. The summed E-state index contributed by atoms with van der Waals surface area (Å²) in [5.74, 6) is 0. The summed E-state index contributed by atoms with van der Waals surface area (Å²) in [5, 5.41) is 4.62. The maximum Gasteiger partial charge on any atom is 0.0642 e. The first-order valence-corrected chi connectivity index (χ1v) is 7.74. The molecule has 1 fully saturated rings. The van der Waals surface area contributed by atoms with E-state index in [0.29, 0.717) is 0 Å². The van der Waals surface area contributed by atoms with Crippen LogP contribution in [0.25, 0.3) is 0 Å². The van der Waals surface area contributed by atoms with Crippen LogP contribution in [0.4, 0.5) is 5.69 Å². The summed E-state index contributed by atoms with van der Waals surface area (Å²) in [5.41, 5.74) is 2.63. The molecule has 0 bridgehead atoms. The predicted molar refractivity (Wildman–Crippen MR) is 84.3 cm³/mol. The number of hydrogen-bond acceptors (Lipinski definition) is 2. The van der Waals surface area contributed by atoms with Crippen molar-refractivity contribution >= 4 is 17.3 Å². The first-order chi connectivity index (χ1) is 9.10. The Morgan fingerprint density at radius 1 is 1.32 bits per heavy atom. The zero-order chi connectivity index (χ0) is 13.9. The fraction of sp³-hybridized carbons (Fsp3) is 0.625. The third-order valence-corrected chi connectivity index (χ3v) is 4.70. The molecular weight excluding hydrogens is 256 g/mol. The number of rotatable bonds is 3. The minimum Gasteiger partial charge on any atom is -0.368 e. The van der Waals surface area contributed by atoms with Crippen LogP contribution < -0.4 is 10.2 Å². The first kappa shape index (κ1) is 14.7. The van der Waals surface area contributed by atoms with Crippen molar-refractivity contribution in [3.8, 4) is 0 Å². The number of nitrogens with one attached hydrogen (secondary N) is 1. The fourth-order valence-electron chi connectivity index (χ4n) is 2.92. The van der Waals surface area contributed by atoms with Crippen molar-refractivity contribution in [1.29, 1.82) is 0 Å². The van der Waals surface area contributed by atoms with E-state index in [9.17, 15) is 0 Å². The molecule has 1 aromatic carbocycles. The molecule has 1 aliphatic heterocycles. The molecule has 0 saturated carbocycles. The van der Waals surface area contributed by atoms with Gasteiger partial charge in [0.2, 0.25) is 0 Å². The van der Waals surface area contributed by atoms with Crippen LogP contribution >= 0.6 is 11.6 Å². The topological polar surface area (TPSA) is 15.3 Å². The quantitative estimate of drug-likeness (QED) is 0.900. The summed E-state index contributed by atoms with van der Waals surface area (Å²) in [6.07, 6.45) is 3.49. The highest BCUT2D eigenvalue weighted by Crippen LogP contribution is 2.30. The maximum absolute atomic E-state index is 6.43. The van der Waals surface area contributed by atoms with Gasteiger partial charge in [-0.1, -0.05) is 31.5 Å². The maximum atomic E-state index is 6.43. The molecule has 1 heterocycles. The van der Waals surface area contributed by atoms with Crippen molar-refractivity contribution in [2.24, 2.45) is 0 Å². The molecule has 1 aromatic rings. The molecule has 19 heavy (non-hydrogen) atoms. The van der Waals surface area contributed by atoms with E-state index in [1.165, 1.54) is 17.7 Å². The van der Waals surface area contributed by atoms with E-state index in [1.54, 1.807) is 0 Å². The molecular formula is C16H25ClN2. The highest BCUT2D eigenvalue weighted by atomic mass is 35.5. The Hall–Kier alpha value is -0.730. The molecule has 0 spiro atoms. The summed E-state index contributed by atoms with van der Waals surface area (Å²) in [7, 11) is 0. The van der Waals surface area contributed by atoms with Gasteiger partial charge in [-0.05, 0) is 50.4 Å². The van der Waals surface area contributed by atoms with Crippen molar-refractivity contribution in [1.82, 2.24) is 5.32 Å². The highest BCUT2D eigenvalue weighted by Gasteiger charge is 2.30. The largest absolute Gasteiger partial charge is 0.368 e. The molecule has 0 amide bonds. The number of nitrogens with zero attached hydrogens (tertiary/aromatic N) is 1. The second-order valence-electron chi connectivity index (χ2n) is 5.64. The van der Waals surface area contributed by atoms with Crippen molar-refractivity contribution in [2.45, 2.75) is 45.6 Å². The molecule has 0 radical (unpaired) electrons. The normalized spacial score (nSPS) is 19.3. The van der Waals surface area contributed by atoms with Gasteiger partial charge in [0.05, 0.1) is 10.7 Å². The van der Waals surface area contributed by atoms with Crippen LogP contribution in [0.5, 0.6) is 0 Å². The number of anilines is 1. The standard InChI is InChI=1S/C16H25ClN2/c1-4-16(5-2)12-19(10-6-9-18-16)15-8-7-13(3)11-14(15)17/h7-8,11,18H,4-6,9-10,12H2,1-3H3. The lowest BCUT2D eigenvalue weighted by atomic mass is 9.92. The van der Waals surface area contributed by atoms with Crippen molar-refractivity contribution < 1.29 is 0 Å². The Balaban J connectivity index is 2.27. The summed E-state index contributed by atoms with van der Waals surface area (Å²) in [6, 6.07) is 6.38. The zero-order valence-corrected chi connectivity index (χ0v) is 13.1. The fourth-order valence-corrected chi connectivity index (χ4v) is 3.28. The van der Waals surface area contributed by atoms with Gasteiger partial charge in [-0.25, -0.2) is 0 Å². The van der Waals surface area contributed by atoms with Gasteiger partial charge in [0, 0.05) is 18.6 Å². The Labute approximate surface area is 122 Å². The van der Waals surface area contributed by atoms with Crippen LogP contribution in [0.1, 0.15) is 38.7 Å². The van der Waals surface area contributed by atoms with E-state index in [4.69, 9.17) is 11.6 Å². The third kappa shape index (κ3) is 3.24. The van der Waals surface area contributed by atoms with Gasteiger partial charge in [-0.3, -0.25) is 0 Å². The summed E-state index contributed by atoms with van der Waals surface area (Å²) in [6.45, 7) is 9.86. The van der Waals surface area contributed by atoms with Gasteiger partial charge in [0.15, 0.2) is 0 Å². The average Bonchev–Trinajstić information content (AvgIpc) is 2.62. The Kier molecular flexibility index (Phi) is 4.75. The molecule has 1 saturated heterocycles. The molecule has 1 aliphatic rings. The van der Waals surface area contributed by atoms with Crippen molar-refractivity contribution in [3.63, 3.8) is 0 Å². The van der Waals surface area contributed by atoms with E-state index in [0.717, 1.165) is 37.5 Å². The molecule has 3 heteroatoms. The van der Waals surface area contributed by atoms with Crippen LogP contribution in [-0.2, 0) is 0 Å². The highest BCUT2D eigenvalue weighted by molar-refractivity contribution is 6.33. The average molecular weight is 281 g/mol. The molecule has 0 unspecified atom stereocenters. The smallest absolute Gasteiger partial charge is 0.0642 e. The van der Waals surface area contributed by atoms with Crippen molar-refractivity contribution in [3.05, 3.63) is 28.8 Å². The number of benzene rings is 1. The second-order valence-corrected chi connectivity index (χ2v) is 6.05. The molecule has 2 nitrogen and oxygen atoms in total. The number of halogens is 1. The Morgan fingerprint density at radius 2 is 2.05 bits per heavy atom. The van der Waals surface area contributed by atoms with Crippen LogP contribution in [0, 0.1) is 6.92 Å². The summed E-state index contributed by atoms with van der Waals surface area (Å²) < 4.78 is 0. The third-order valence-electron chi connectivity index (χ3n) is 4.40. The molecule has 0 aromatic heterocycles. The molecule has 106 valence electrons. The summed E-state index contributed by atoms with van der Waals surface area (Å²) in [4.78, 5) is 2.45. The minimum atomic E-state index is 0.227. The Bertz CT molecular complexity index is 427. The minimum absolute atomic E-state index is 0.227. The van der Waals surface area contributed by atoms with Crippen LogP contribution in [-0.4, -0.2) is 25.2 Å². The van der Waals surface area contributed by atoms with Gasteiger partial charge >= 0.3 is 0 Å². The lowest BCUT2D eigenvalue weighted by Crippen LogP contribution is -2.50. The molecule has 0 atom stereocenters. The van der Waals surface area contributed by atoms with Crippen LogP contribution in [0.2, 0.25) is 5.02 Å². The number of aryl methyl sites for hydroxylation is 1. The van der Waals surface area contributed by atoms with E-state index in [1.807, 2.05) is 0 Å². The van der Waals surface area contributed by atoms with Crippen LogP contribution in [0.3, 0.4) is 0 Å². The second kappa shape index (κ2) is 6.15. The van der Waals surface area contributed by atoms with E-state index < -0.39 is 0 Å².